The fourth-order valence-corrected chi connectivity index (χ4v) is 2.89. The zero-order valence-corrected chi connectivity index (χ0v) is 12.2. The quantitative estimate of drug-likeness (QED) is 0.906. The zero-order valence-electron chi connectivity index (χ0n) is 12.2. The van der Waals surface area contributed by atoms with Gasteiger partial charge in [0.05, 0.1) is 12.1 Å². The van der Waals surface area contributed by atoms with E-state index in [4.69, 9.17) is 0 Å². The third-order valence-electron chi connectivity index (χ3n) is 4.53. The van der Waals surface area contributed by atoms with Crippen molar-refractivity contribution >= 4 is 16.8 Å². The molecule has 0 saturated heterocycles. The van der Waals surface area contributed by atoms with Crippen LogP contribution in [0.5, 0.6) is 0 Å². The summed E-state index contributed by atoms with van der Waals surface area (Å²) in [4.78, 5) is 16.7. The molecule has 1 aliphatic carbocycles. The number of hydrogen-bond acceptors (Lipinski definition) is 3. The number of pyridine rings is 1. The Morgan fingerprint density at radius 3 is 2.81 bits per heavy atom. The van der Waals surface area contributed by atoms with Gasteiger partial charge >= 0.3 is 0 Å². The van der Waals surface area contributed by atoms with E-state index < -0.39 is 0 Å². The standard InChI is InChI=1S/C17H20N2O2/c1-12-9-15(19-14-6-3-2-5-13(12)14)16(21)18-10-17(11-20)7-4-8-17/h2-3,5-6,9,20H,4,7-8,10-11H2,1H3,(H,18,21). The summed E-state index contributed by atoms with van der Waals surface area (Å²) in [5, 5.41) is 13.4. The molecule has 0 unspecified atom stereocenters. The van der Waals surface area contributed by atoms with E-state index in [0.717, 1.165) is 35.7 Å². The van der Waals surface area contributed by atoms with Crippen LogP contribution in [0, 0.1) is 12.3 Å². The molecule has 0 spiro atoms. The minimum absolute atomic E-state index is 0.110. The Hall–Kier alpha value is -1.94. The second kappa shape index (κ2) is 5.45. The Bertz CT molecular complexity index is 672. The van der Waals surface area contributed by atoms with Crippen LogP contribution in [0.2, 0.25) is 0 Å². The molecule has 0 aliphatic heterocycles. The molecule has 1 amide bonds. The molecule has 0 bridgehead atoms. The highest BCUT2D eigenvalue weighted by Crippen LogP contribution is 2.39. The summed E-state index contributed by atoms with van der Waals surface area (Å²) in [5.41, 5.74) is 2.22. The molecular weight excluding hydrogens is 264 g/mol. The van der Waals surface area contributed by atoms with Gasteiger partial charge in [0.2, 0.25) is 0 Å². The first-order valence-corrected chi connectivity index (χ1v) is 7.39. The maximum Gasteiger partial charge on any atom is 0.269 e. The van der Waals surface area contributed by atoms with Crippen LogP contribution in [-0.4, -0.2) is 29.1 Å². The van der Waals surface area contributed by atoms with Gasteiger partial charge in [0.25, 0.3) is 5.91 Å². The molecule has 2 N–H and O–H groups in total. The summed E-state index contributed by atoms with van der Waals surface area (Å²) < 4.78 is 0. The summed E-state index contributed by atoms with van der Waals surface area (Å²) in [6.45, 7) is 2.65. The van der Waals surface area contributed by atoms with Crippen molar-refractivity contribution < 1.29 is 9.90 Å². The van der Waals surface area contributed by atoms with Crippen molar-refractivity contribution in [3.63, 3.8) is 0 Å². The summed E-state index contributed by atoms with van der Waals surface area (Å²) in [7, 11) is 0. The van der Waals surface area contributed by atoms with Gasteiger partial charge in [-0.05, 0) is 37.5 Å². The molecule has 0 atom stereocenters. The van der Waals surface area contributed by atoms with E-state index in [0.29, 0.717) is 12.2 Å². The highest BCUT2D eigenvalue weighted by molar-refractivity contribution is 5.95. The lowest BCUT2D eigenvalue weighted by Crippen LogP contribution is -2.44. The molecular formula is C17H20N2O2. The van der Waals surface area contributed by atoms with Crippen molar-refractivity contribution in [3.05, 3.63) is 41.6 Å². The van der Waals surface area contributed by atoms with Gasteiger partial charge in [-0.15, -0.1) is 0 Å². The van der Waals surface area contributed by atoms with E-state index in [-0.39, 0.29) is 17.9 Å². The molecule has 1 aliphatic rings. The molecule has 2 aromatic rings. The van der Waals surface area contributed by atoms with E-state index in [1.54, 1.807) is 0 Å². The third kappa shape index (κ3) is 2.63. The number of nitrogens with zero attached hydrogens (tertiary/aromatic N) is 1. The summed E-state index contributed by atoms with van der Waals surface area (Å²) >= 11 is 0. The number of nitrogens with one attached hydrogen (secondary N) is 1. The van der Waals surface area contributed by atoms with Crippen LogP contribution in [0.4, 0.5) is 0 Å². The van der Waals surface area contributed by atoms with E-state index in [2.05, 4.69) is 10.3 Å². The number of aryl methyl sites for hydroxylation is 1. The Balaban J connectivity index is 1.78. The van der Waals surface area contributed by atoms with Gasteiger partial charge in [-0.1, -0.05) is 24.6 Å². The number of aliphatic hydroxyl groups is 1. The predicted octanol–water partition coefficient (Wildman–Crippen LogP) is 2.44. The van der Waals surface area contributed by atoms with Crippen LogP contribution in [-0.2, 0) is 0 Å². The molecule has 1 aromatic carbocycles. The lowest BCUT2D eigenvalue weighted by atomic mass is 9.69. The molecule has 21 heavy (non-hydrogen) atoms. The van der Waals surface area contributed by atoms with Crippen molar-refractivity contribution in [3.8, 4) is 0 Å². The molecule has 1 fully saturated rings. The van der Waals surface area contributed by atoms with Crippen molar-refractivity contribution in [2.24, 2.45) is 5.41 Å². The van der Waals surface area contributed by atoms with E-state index in [1.807, 2.05) is 37.3 Å². The van der Waals surface area contributed by atoms with Crippen LogP contribution < -0.4 is 5.32 Å². The van der Waals surface area contributed by atoms with Gasteiger partial charge in [0.15, 0.2) is 0 Å². The molecule has 110 valence electrons. The Morgan fingerprint density at radius 1 is 1.38 bits per heavy atom. The van der Waals surface area contributed by atoms with Crippen LogP contribution in [0.1, 0.15) is 35.3 Å². The lowest BCUT2D eigenvalue weighted by molar-refractivity contribution is 0.0428. The van der Waals surface area contributed by atoms with Crippen molar-refractivity contribution in [1.29, 1.82) is 0 Å². The summed E-state index contributed by atoms with van der Waals surface area (Å²) in [5.74, 6) is -0.163. The number of para-hydroxylation sites is 1. The SMILES string of the molecule is Cc1cc(C(=O)NCC2(CO)CCC2)nc2ccccc12. The maximum absolute atomic E-state index is 12.3. The highest BCUT2D eigenvalue weighted by atomic mass is 16.3. The molecule has 4 heteroatoms. The molecule has 1 aromatic heterocycles. The number of amides is 1. The first-order valence-electron chi connectivity index (χ1n) is 7.39. The molecule has 3 rings (SSSR count). The lowest BCUT2D eigenvalue weighted by Gasteiger charge is -2.40. The van der Waals surface area contributed by atoms with E-state index in [9.17, 15) is 9.90 Å². The fourth-order valence-electron chi connectivity index (χ4n) is 2.89. The highest BCUT2D eigenvalue weighted by Gasteiger charge is 2.36. The largest absolute Gasteiger partial charge is 0.396 e. The van der Waals surface area contributed by atoms with Gasteiger partial charge in [-0.25, -0.2) is 4.98 Å². The second-order valence-electron chi connectivity index (χ2n) is 6.04. The van der Waals surface area contributed by atoms with Crippen LogP contribution in [0.15, 0.2) is 30.3 Å². The number of benzene rings is 1. The number of aromatic nitrogens is 1. The van der Waals surface area contributed by atoms with Crippen molar-refractivity contribution in [2.45, 2.75) is 26.2 Å². The monoisotopic (exact) mass is 284 g/mol. The number of carbonyl (C=O) groups excluding carboxylic acids is 1. The molecule has 0 radical (unpaired) electrons. The van der Waals surface area contributed by atoms with E-state index >= 15 is 0 Å². The number of aliphatic hydroxyl groups excluding tert-OH is 1. The number of fused-ring (bicyclic) bond motifs is 1. The average molecular weight is 284 g/mol. The topological polar surface area (TPSA) is 62.2 Å². The Labute approximate surface area is 124 Å². The smallest absolute Gasteiger partial charge is 0.269 e. The average Bonchev–Trinajstić information content (AvgIpc) is 2.46. The molecule has 1 heterocycles. The van der Waals surface area contributed by atoms with Crippen molar-refractivity contribution in [2.75, 3.05) is 13.2 Å². The maximum atomic E-state index is 12.3. The van der Waals surface area contributed by atoms with E-state index in [1.165, 1.54) is 0 Å². The van der Waals surface area contributed by atoms with Gasteiger partial charge < -0.3 is 10.4 Å². The first-order chi connectivity index (χ1) is 10.1. The minimum atomic E-state index is -0.163. The molecule has 4 nitrogen and oxygen atoms in total. The van der Waals surface area contributed by atoms with Gasteiger partial charge in [-0.2, -0.15) is 0 Å². The summed E-state index contributed by atoms with van der Waals surface area (Å²) in [6, 6.07) is 9.64. The number of hydrogen-bond donors (Lipinski definition) is 2. The van der Waals surface area contributed by atoms with Gasteiger partial charge in [-0.3, -0.25) is 4.79 Å². The van der Waals surface area contributed by atoms with Gasteiger partial charge in [0, 0.05) is 17.3 Å². The summed E-state index contributed by atoms with van der Waals surface area (Å²) in [6.07, 6.45) is 3.09. The van der Waals surface area contributed by atoms with Crippen molar-refractivity contribution in [1.82, 2.24) is 10.3 Å². The number of carbonyl (C=O) groups is 1. The second-order valence-corrected chi connectivity index (χ2v) is 6.04. The zero-order chi connectivity index (χ0) is 14.9. The van der Waals surface area contributed by atoms with Crippen LogP contribution in [0.25, 0.3) is 10.9 Å². The minimum Gasteiger partial charge on any atom is -0.396 e. The predicted molar refractivity (Wildman–Crippen MR) is 82.2 cm³/mol. The van der Waals surface area contributed by atoms with Gasteiger partial charge in [0.1, 0.15) is 5.69 Å². The Morgan fingerprint density at radius 2 is 2.14 bits per heavy atom. The number of rotatable bonds is 4. The van der Waals surface area contributed by atoms with Crippen LogP contribution in [0.3, 0.4) is 0 Å². The normalized spacial score (nSPS) is 16.5. The van der Waals surface area contributed by atoms with Crippen LogP contribution >= 0.6 is 0 Å². The first kappa shape index (κ1) is 14.0. The fraction of sp³-hybridized carbons (Fsp3) is 0.412. The third-order valence-corrected chi connectivity index (χ3v) is 4.53. The Kier molecular flexibility index (Phi) is 3.64. The molecule has 1 saturated carbocycles.